The molecule has 2 aromatic heterocycles. The molecule has 0 aliphatic heterocycles. The lowest BCUT2D eigenvalue weighted by molar-refractivity contribution is 0.510. The summed E-state index contributed by atoms with van der Waals surface area (Å²) in [5, 5.41) is 4.45. The summed E-state index contributed by atoms with van der Waals surface area (Å²) in [7, 11) is 1.83. The fourth-order valence-corrected chi connectivity index (χ4v) is 2.19. The van der Waals surface area contributed by atoms with Crippen molar-refractivity contribution in [2.45, 2.75) is 6.92 Å². The topological polar surface area (TPSA) is 46.5 Å². The molecule has 3 aromatic rings. The van der Waals surface area contributed by atoms with Crippen LogP contribution in [0.5, 0.6) is 0 Å². The average Bonchev–Trinajstić information content (AvgIpc) is 2.97. The van der Waals surface area contributed by atoms with Crippen molar-refractivity contribution >= 4 is 33.7 Å². The molecule has 0 aliphatic carbocycles. The molecule has 0 amide bonds. The zero-order chi connectivity index (χ0) is 15.1. The van der Waals surface area contributed by atoms with Crippen LogP contribution >= 0.6 is 11.6 Å². The van der Waals surface area contributed by atoms with Gasteiger partial charge in [0.2, 0.25) is 0 Å². The number of nitrogens with one attached hydrogen (secondary N) is 1. The highest BCUT2D eigenvalue weighted by Crippen LogP contribution is 2.24. The third-order valence-electron chi connectivity index (χ3n) is 3.31. The number of H-pyrrole nitrogens is 1. The van der Waals surface area contributed by atoms with Crippen molar-refractivity contribution in [3.8, 4) is 0 Å². The maximum absolute atomic E-state index is 13.2. The maximum Gasteiger partial charge on any atom is 0.161 e. The Bertz CT molecular complexity index is 824. The molecule has 0 bridgehead atoms. The predicted octanol–water partition coefficient (Wildman–Crippen LogP) is 3.62. The molecular formula is C14H11ClF2N4. The highest BCUT2D eigenvalue weighted by atomic mass is 35.5. The second-order valence-electron chi connectivity index (χ2n) is 4.67. The van der Waals surface area contributed by atoms with Crippen LogP contribution in [0.4, 0.5) is 8.78 Å². The zero-order valence-electron chi connectivity index (χ0n) is 11.3. The van der Waals surface area contributed by atoms with Crippen LogP contribution in [0.2, 0.25) is 0 Å². The normalized spacial score (nSPS) is 12.3. The predicted molar refractivity (Wildman–Crippen MR) is 77.7 cm³/mol. The van der Waals surface area contributed by atoms with Gasteiger partial charge in [-0.2, -0.15) is 5.10 Å². The van der Waals surface area contributed by atoms with Crippen molar-refractivity contribution in [1.29, 1.82) is 0 Å². The van der Waals surface area contributed by atoms with Gasteiger partial charge in [0.25, 0.3) is 0 Å². The molecule has 0 atom stereocenters. The van der Waals surface area contributed by atoms with E-state index in [1.807, 2.05) is 14.0 Å². The largest absolute Gasteiger partial charge is 0.337 e. The fraction of sp³-hybridized carbons (Fsp3) is 0.143. The van der Waals surface area contributed by atoms with Gasteiger partial charge in [0, 0.05) is 30.4 Å². The first-order valence-electron chi connectivity index (χ1n) is 6.16. The summed E-state index contributed by atoms with van der Waals surface area (Å²) in [5.41, 5.74) is 2.50. The molecule has 7 heteroatoms. The first kappa shape index (κ1) is 13.8. The summed E-state index contributed by atoms with van der Waals surface area (Å²) < 4.78 is 28.1. The Hall–Kier alpha value is -2.21. The zero-order valence-corrected chi connectivity index (χ0v) is 12.0. The molecular weight excluding hydrogens is 298 g/mol. The second-order valence-corrected chi connectivity index (χ2v) is 5.08. The Morgan fingerprint density at radius 3 is 2.71 bits per heavy atom. The number of rotatable bonds is 2. The molecule has 108 valence electrons. The smallest absolute Gasteiger partial charge is 0.161 e. The number of hydrogen-bond acceptors (Lipinski definition) is 2. The van der Waals surface area contributed by atoms with Gasteiger partial charge in [0.05, 0.1) is 22.3 Å². The van der Waals surface area contributed by atoms with Gasteiger partial charge in [-0.05, 0) is 13.0 Å². The van der Waals surface area contributed by atoms with Crippen LogP contribution < -0.4 is 0 Å². The van der Waals surface area contributed by atoms with E-state index >= 15 is 0 Å². The molecule has 4 nitrogen and oxygen atoms in total. The van der Waals surface area contributed by atoms with Crippen LogP contribution in [0.15, 0.2) is 18.3 Å². The minimum atomic E-state index is -0.941. The minimum Gasteiger partial charge on any atom is -0.337 e. The molecule has 3 rings (SSSR count). The van der Waals surface area contributed by atoms with Crippen molar-refractivity contribution in [1.82, 2.24) is 19.7 Å². The van der Waals surface area contributed by atoms with Crippen molar-refractivity contribution in [2.24, 2.45) is 7.05 Å². The van der Waals surface area contributed by atoms with Crippen LogP contribution in [0.25, 0.3) is 22.1 Å². The third kappa shape index (κ3) is 2.42. The highest BCUT2D eigenvalue weighted by molar-refractivity contribution is 6.50. The Kier molecular flexibility index (Phi) is 3.25. The fourth-order valence-electron chi connectivity index (χ4n) is 1.98. The van der Waals surface area contributed by atoms with Crippen molar-refractivity contribution < 1.29 is 8.78 Å². The van der Waals surface area contributed by atoms with Crippen molar-refractivity contribution in [3.05, 3.63) is 47.0 Å². The second kappa shape index (κ2) is 4.96. The van der Waals surface area contributed by atoms with Gasteiger partial charge in [-0.3, -0.25) is 4.68 Å². The van der Waals surface area contributed by atoms with E-state index in [1.165, 1.54) is 0 Å². The van der Waals surface area contributed by atoms with Crippen molar-refractivity contribution in [2.75, 3.05) is 0 Å². The molecule has 0 saturated heterocycles. The standard InChI is InChI=1S/C14H11ClF2N4/c1-7-8(6-18-21(7)2)3-9(15)14-19-12-4-10(16)11(17)5-13(12)20-14/h3-6H,1-2H3,(H,19,20). The number of aryl methyl sites for hydroxylation is 1. The molecule has 0 unspecified atom stereocenters. The molecule has 0 fully saturated rings. The van der Waals surface area contributed by atoms with E-state index in [9.17, 15) is 8.78 Å². The number of aromatic nitrogens is 4. The number of fused-ring (bicyclic) bond motifs is 1. The van der Waals surface area contributed by atoms with E-state index in [4.69, 9.17) is 11.6 Å². The van der Waals surface area contributed by atoms with E-state index < -0.39 is 11.6 Å². The molecule has 2 heterocycles. The summed E-state index contributed by atoms with van der Waals surface area (Å²) in [6.45, 7) is 1.91. The van der Waals surface area contributed by atoms with Gasteiger partial charge in [-0.25, -0.2) is 13.8 Å². The lowest BCUT2D eigenvalue weighted by Crippen LogP contribution is -1.92. The van der Waals surface area contributed by atoms with E-state index in [0.29, 0.717) is 21.9 Å². The number of hydrogen-bond donors (Lipinski definition) is 1. The number of halogens is 3. The number of imidazole rings is 1. The first-order valence-corrected chi connectivity index (χ1v) is 6.54. The van der Waals surface area contributed by atoms with Crippen LogP contribution in [-0.4, -0.2) is 19.7 Å². The van der Waals surface area contributed by atoms with E-state index in [0.717, 1.165) is 23.4 Å². The lowest BCUT2D eigenvalue weighted by atomic mass is 10.2. The maximum atomic E-state index is 13.2. The number of nitrogens with zero attached hydrogens (tertiary/aromatic N) is 3. The first-order chi connectivity index (χ1) is 9.95. The summed E-state index contributed by atoms with van der Waals surface area (Å²) in [5.74, 6) is -1.52. The Morgan fingerprint density at radius 1 is 1.33 bits per heavy atom. The summed E-state index contributed by atoms with van der Waals surface area (Å²) in [4.78, 5) is 7.02. The third-order valence-corrected chi connectivity index (χ3v) is 3.59. The number of aromatic amines is 1. The quantitative estimate of drug-likeness (QED) is 0.786. The monoisotopic (exact) mass is 308 g/mol. The highest BCUT2D eigenvalue weighted by Gasteiger charge is 2.11. The van der Waals surface area contributed by atoms with Crippen LogP contribution in [-0.2, 0) is 7.05 Å². The van der Waals surface area contributed by atoms with Gasteiger partial charge in [-0.15, -0.1) is 0 Å². The van der Waals surface area contributed by atoms with Gasteiger partial charge in [-0.1, -0.05) is 11.6 Å². The minimum absolute atomic E-state index is 0.318. The molecule has 1 N–H and O–H groups in total. The molecule has 0 saturated carbocycles. The molecule has 0 radical (unpaired) electrons. The van der Waals surface area contributed by atoms with Gasteiger partial charge in [0.1, 0.15) is 5.82 Å². The van der Waals surface area contributed by atoms with E-state index in [1.54, 1.807) is 17.0 Å². The summed E-state index contributed by atoms with van der Waals surface area (Å²) in [6.07, 6.45) is 3.38. The Labute approximate surface area is 124 Å². The van der Waals surface area contributed by atoms with Crippen LogP contribution in [0, 0.1) is 18.6 Å². The summed E-state index contributed by atoms with van der Waals surface area (Å²) in [6, 6.07) is 2.09. The molecule has 21 heavy (non-hydrogen) atoms. The Balaban J connectivity index is 2.05. The average molecular weight is 309 g/mol. The number of benzene rings is 1. The molecule has 1 aromatic carbocycles. The summed E-state index contributed by atoms with van der Waals surface area (Å²) >= 11 is 6.22. The van der Waals surface area contributed by atoms with Gasteiger partial charge in [0.15, 0.2) is 11.6 Å². The molecule has 0 aliphatic rings. The van der Waals surface area contributed by atoms with Gasteiger partial charge < -0.3 is 4.98 Å². The molecule has 0 spiro atoms. The van der Waals surface area contributed by atoms with Gasteiger partial charge >= 0.3 is 0 Å². The van der Waals surface area contributed by atoms with E-state index in [2.05, 4.69) is 15.1 Å². The van der Waals surface area contributed by atoms with Crippen LogP contribution in [0.3, 0.4) is 0 Å². The SMILES string of the molecule is Cc1c(C=C(Cl)c2nc3cc(F)c(F)cc3[nH]2)cnn1C. The van der Waals surface area contributed by atoms with Crippen molar-refractivity contribution in [3.63, 3.8) is 0 Å². The Morgan fingerprint density at radius 2 is 2.05 bits per heavy atom. The lowest BCUT2D eigenvalue weighted by Gasteiger charge is -1.96. The van der Waals surface area contributed by atoms with Crippen LogP contribution in [0.1, 0.15) is 17.1 Å². The van der Waals surface area contributed by atoms with E-state index in [-0.39, 0.29) is 0 Å².